The Morgan fingerprint density at radius 3 is 2.09 bits per heavy atom. The molecule has 3 aliphatic carbocycles. The lowest BCUT2D eigenvalue weighted by Crippen LogP contribution is -2.51. The third-order valence-electron chi connectivity index (χ3n) is 7.69. The minimum absolute atomic E-state index is 0.137. The Bertz CT molecular complexity index is 1310. The SMILES string of the molecule is Cc1ccc([N+](=O)[O-])cc1N1C(=O)[C@@H]2[C@@H](C1=O)C1c3ccccc3C2(C)c2ccccc21. The minimum Gasteiger partial charge on any atom is -0.274 e. The molecule has 0 N–H and O–H groups in total. The van der Waals surface area contributed by atoms with E-state index in [1.807, 2.05) is 24.3 Å². The molecule has 0 aromatic heterocycles. The van der Waals surface area contributed by atoms with Crippen LogP contribution in [-0.4, -0.2) is 16.7 Å². The number of anilines is 1. The fourth-order valence-corrected chi connectivity index (χ4v) is 6.34. The van der Waals surface area contributed by atoms with Crippen LogP contribution in [0, 0.1) is 28.9 Å². The second-order valence-corrected chi connectivity index (χ2v) is 9.10. The summed E-state index contributed by atoms with van der Waals surface area (Å²) in [6.07, 6.45) is 0. The quantitative estimate of drug-likeness (QED) is 0.345. The fourth-order valence-electron chi connectivity index (χ4n) is 6.34. The molecular weight excluding hydrogens is 404 g/mol. The predicted octanol–water partition coefficient (Wildman–Crippen LogP) is 4.47. The van der Waals surface area contributed by atoms with Gasteiger partial charge in [-0.3, -0.25) is 19.7 Å². The summed E-state index contributed by atoms with van der Waals surface area (Å²) >= 11 is 0. The lowest BCUT2D eigenvalue weighted by molar-refractivity contribution is -0.384. The molecule has 0 unspecified atom stereocenters. The normalized spacial score (nSPS) is 27.2. The molecule has 0 spiro atoms. The number of amides is 2. The van der Waals surface area contributed by atoms with Crippen LogP contribution in [0.3, 0.4) is 0 Å². The number of nitro benzene ring substituents is 1. The highest BCUT2D eigenvalue weighted by molar-refractivity contribution is 6.24. The van der Waals surface area contributed by atoms with Crippen molar-refractivity contribution >= 4 is 23.2 Å². The van der Waals surface area contributed by atoms with Crippen LogP contribution in [0.2, 0.25) is 0 Å². The number of nitrogens with zero attached hydrogens (tertiary/aromatic N) is 2. The molecule has 4 aliphatic rings. The highest BCUT2D eigenvalue weighted by atomic mass is 16.6. The molecule has 1 saturated heterocycles. The van der Waals surface area contributed by atoms with Crippen molar-refractivity contribution in [3.05, 3.63) is 105 Å². The summed E-state index contributed by atoms with van der Waals surface area (Å²) in [5.41, 5.74) is 4.53. The predicted molar refractivity (Wildman–Crippen MR) is 118 cm³/mol. The van der Waals surface area contributed by atoms with Crippen LogP contribution in [0.4, 0.5) is 11.4 Å². The molecule has 32 heavy (non-hydrogen) atoms. The average molecular weight is 424 g/mol. The first-order valence-corrected chi connectivity index (χ1v) is 10.7. The Balaban J connectivity index is 1.60. The average Bonchev–Trinajstić information content (AvgIpc) is 3.06. The largest absolute Gasteiger partial charge is 0.274 e. The van der Waals surface area contributed by atoms with E-state index in [2.05, 4.69) is 31.2 Å². The van der Waals surface area contributed by atoms with Gasteiger partial charge in [-0.25, -0.2) is 4.90 Å². The number of nitro groups is 1. The monoisotopic (exact) mass is 424 g/mol. The van der Waals surface area contributed by atoms with Gasteiger partial charge in [0.2, 0.25) is 11.8 Å². The summed E-state index contributed by atoms with van der Waals surface area (Å²) in [5.74, 6) is -1.85. The topological polar surface area (TPSA) is 80.5 Å². The summed E-state index contributed by atoms with van der Waals surface area (Å²) in [6, 6.07) is 20.5. The van der Waals surface area contributed by atoms with E-state index in [0.717, 1.165) is 22.3 Å². The van der Waals surface area contributed by atoms with E-state index in [1.54, 1.807) is 13.0 Å². The first-order chi connectivity index (χ1) is 15.4. The second-order valence-electron chi connectivity index (χ2n) is 9.10. The third-order valence-corrected chi connectivity index (χ3v) is 7.69. The summed E-state index contributed by atoms with van der Waals surface area (Å²) in [4.78, 5) is 39.9. The Hall–Kier alpha value is -3.80. The molecule has 1 aliphatic heterocycles. The number of benzene rings is 3. The van der Waals surface area contributed by atoms with E-state index in [9.17, 15) is 19.7 Å². The first-order valence-electron chi connectivity index (χ1n) is 10.7. The van der Waals surface area contributed by atoms with Gasteiger partial charge in [-0.1, -0.05) is 61.5 Å². The van der Waals surface area contributed by atoms with Crippen LogP contribution >= 0.6 is 0 Å². The van der Waals surface area contributed by atoms with Crippen LogP contribution < -0.4 is 4.90 Å². The maximum Gasteiger partial charge on any atom is 0.271 e. The van der Waals surface area contributed by atoms with Gasteiger partial charge in [-0.05, 0) is 34.7 Å². The molecule has 3 aromatic rings. The Morgan fingerprint density at radius 2 is 1.50 bits per heavy atom. The highest BCUT2D eigenvalue weighted by Crippen LogP contribution is 2.64. The molecule has 2 atom stereocenters. The smallest absolute Gasteiger partial charge is 0.271 e. The molecule has 1 heterocycles. The maximum atomic E-state index is 13.9. The van der Waals surface area contributed by atoms with Crippen molar-refractivity contribution in [1.29, 1.82) is 0 Å². The molecule has 3 aromatic carbocycles. The van der Waals surface area contributed by atoms with E-state index >= 15 is 0 Å². The van der Waals surface area contributed by atoms with Crippen LogP contribution in [0.25, 0.3) is 0 Å². The lowest BCUT2D eigenvalue weighted by atomic mass is 9.48. The number of aryl methyl sites for hydroxylation is 1. The van der Waals surface area contributed by atoms with Crippen molar-refractivity contribution in [2.45, 2.75) is 25.2 Å². The number of non-ortho nitro benzene ring substituents is 1. The van der Waals surface area contributed by atoms with Gasteiger partial charge >= 0.3 is 0 Å². The van der Waals surface area contributed by atoms with Gasteiger partial charge < -0.3 is 0 Å². The molecule has 0 saturated carbocycles. The zero-order valence-electron chi connectivity index (χ0n) is 17.6. The van der Waals surface area contributed by atoms with E-state index in [-0.39, 0.29) is 23.4 Å². The Labute approximate surface area is 184 Å². The van der Waals surface area contributed by atoms with Gasteiger partial charge in [-0.2, -0.15) is 0 Å². The minimum atomic E-state index is -0.650. The van der Waals surface area contributed by atoms with Gasteiger partial charge in [0.05, 0.1) is 22.4 Å². The second kappa shape index (κ2) is 6.13. The number of rotatable bonds is 2. The van der Waals surface area contributed by atoms with Crippen molar-refractivity contribution in [1.82, 2.24) is 0 Å². The summed E-state index contributed by atoms with van der Waals surface area (Å²) in [6.45, 7) is 3.83. The maximum absolute atomic E-state index is 13.9. The Kier molecular flexibility index (Phi) is 3.62. The van der Waals surface area contributed by atoms with Gasteiger partial charge in [-0.15, -0.1) is 0 Å². The number of carbonyl (C=O) groups excluding carboxylic acids is 2. The van der Waals surface area contributed by atoms with E-state index in [4.69, 9.17) is 0 Å². The molecule has 2 amide bonds. The number of carbonyl (C=O) groups is 2. The van der Waals surface area contributed by atoms with Crippen molar-refractivity contribution in [3.8, 4) is 0 Å². The molecule has 2 bridgehead atoms. The van der Waals surface area contributed by atoms with Crippen molar-refractivity contribution in [2.24, 2.45) is 11.8 Å². The molecule has 1 fully saturated rings. The zero-order valence-corrected chi connectivity index (χ0v) is 17.6. The lowest BCUT2D eigenvalue weighted by Gasteiger charge is -2.52. The fraction of sp³-hybridized carbons (Fsp3) is 0.231. The summed E-state index contributed by atoms with van der Waals surface area (Å²) < 4.78 is 0. The van der Waals surface area contributed by atoms with Crippen LogP contribution in [0.5, 0.6) is 0 Å². The number of hydrogen-bond acceptors (Lipinski definition) is 4. The molecule has 7 rings (SSSR count). The van der Waals surface area contributed by atoms with Gasteiger partial charge in [0.25, 0.3) is 5.69 Å². The zero-order chi connectivity index (χ0) is 22.4. The van der Waals surface area contributed by atoms with E-state index < -0.39 is 22.2 Å². The Morgan fingerprint density at radius 1 is 0.906 bits per heavy atom. The van der Waals surface area contributed by atoms with E-state index in [1.165, 1.54) is 17.0 Å². The molecular formula is C26H20N2O4. The first kappa shape index (κ1) is 18.9. The number of imide groups is 1. The van der Waals surface area contributed by atoms with Gasteiger partial charge in [0.15, 0.2) is 0 Å². The van der Waals surface area contributed by atoms with Crippen molar-refractivity contribution < 1.29 is 14.5 Å². The van der Waals surface area contributed by atoms with E-state index in [0.29, 0.717) is 11.3 Å². The van der Waals surface area contributed by atoms with Gasteiger partial charge in [0, 0.05) is 23.5 Å². The molecule has 158 valence electrons. The van der Waals surface area contributed by atoms with Crippen molar-refractivity contribution in [2.75, 3.05) is 4.90 Å². The molecule has 6 nitrogen and oxygen atoms in total. The van der Waals surface area contributed by atoms with Crippen LogP contribution in [0.1, 0.15) is 40.7 Å². The molecule has 6 heteroatoms. The van der Waals surface area contributed by atoms with Crippen LogP contribution in [0.15, 0.2) is 66.7 Å². The summed E-state index contributed by atoms with van der Waals surface area (Å²) in [5, 5.41) is 11.4. The highest BCUT2D eigenvalue weighted by Gasteiger charge is 2.66. The summed E-state index contributed by atoms with van der Waals surface area (Å²) in [7, 11) is 0. The van der Waals surface area contributed by atoms with Crippen LogP contribution in [-0.2, 0) is 15.0 Å². The standard InChI is InChI=1S/C26H20N2O4/c1-14-11-12-15(28(31)32)13-20(14)27-24(29)22-21-16-7-3-5-9-18(16)26(2,23(22)25(27)30)19-10-6-4-8-17(19)21/h3-13,21-23H,1-2H3/t21?,22-,23-,26?/m0/s1. The number of hydrogen-bond donors (Lipinski definition) is 0. The van der Waals surface area contributed by atoms with Crippen molar-refractivity contribution in [3.63, 3.8) is 0 Å². The molecule has 0 radical (unpaired) electrons. The van der Waals surface area contributed by atoms with Gasteiger partial charge in [0.1, 0.15) is 0 Å². The third kappa shape index (κ3) is 2.09.